The molecule has 0 saturated carbocycles. The number of carbonyl (C=O) groups is 1. The number of aromatic amines is 1. The molecule has 0 bridgehead atoms. The van der Waals surface area contributed by atoms with Crippen LogP contribution in [0.5, 0.6) is 0 Å². The summed E-state index contributed by atoms with van der Waals surface area (Å²) in [5.41, 5.74) is 2.55. The van der Waals surface area contributed by atoms with Crippen LogP contribution in [0.2, 0.25) is 0 Å². The first-order chi connectivity index (χ1) is 7.65. The molecule has 0 saturated heterocycles. The van der Waals surface area contributed by atoms with Gasteiger partial charge in [-0.05, 0) is 6.42 Å². The van der Waals surface area contributed by atoms with Gasteiger partial charge >= 0.3 is 0 Å². The molecule has 6 nitrogen and oxygen atoms in total. The van der Waals surface area contributed by atoms with E-state index in [9.17, 15) is 9.59 Å². The molecule has 0 atom stereocenters. The smallest absolute Gasteiger partial charge is 0.251 e. The molecule has 16 heavy (non-hydrogen) atoms. The second-order valence-corrected chi connectivity index (χ2v) is 4.11. The van der Waals surface area contributed by atoms with Gasteiger partial charge in [-0.1, -0.05) is 25.1 Å². The van der Waals surface area contributed by atoms with Crippen LogP contribution in [-0.4, -0.2) is 21.6 Å². The summed E-state index contributed by atoms with van der Waals surface area (Å²) in [6.45, 7) is 2.01. The van der Waals surface area contributed by atoms with E-state index in [0.717, 1.165) is 30.3 Å². The Hall–Kier alpha value is -1.34. The Kier molecular flexibility index (Phi) is 5.00. The van der Waals surface area contributed by atoms with Crippen molar-refractivity contribution in [3.63, 3.8) is 0 Å². The number of carbonyl (C=O) groups excluding carboxylic acids is 1. The van der Waals surface area contributed by atoms with E-state index in [1.54, 1.807) is 0 Å². The fraction of sp³-hybridized carbons (Fsp3) is 0.444. The fourth-order valence-corrected chi connectivity index (χ4v) is 1.82. The Morgan fingerprint density at radius 2 is 2.44 bits per heavy atom. The summed E-state index contributed by atoms with van der Waals surface area (Å²) in [6.07, 6.45) is 1.67. The molecule has 4 N–H and O–H groups in total. The predicted molar refractivity (Wildman–Crippen MR) is 61.9 cm³/mol. The third kappa shape index (κ3) is 4.03. The molecular weight excluding hydrogens is 228 g/mol. The number of rotatable bonds is 5. The lowest BCUT2D eigenvalue weighted by atomic mass is 10.2. The monoisotopic (exact) mass is 242 g/mol. The number of amides is 1. The number of hydrogen-bond acceptors (Lipinski definition) is 5. The largest absolute Gasteiger partial charge is 0.301 e. The highest BCUT2D eigenvalue weighted by Gasteiger charge is 2.04. The number of nitrogens with one attached hydrogen (secondary N) is 2. The second kappa shape index (κ2) is 6.29. The first-order valence-electron chi connectivity index (χ1n) is 4.88. The van der Waals surface area contributed by atoms with Crippen molar-refractivity contribution in [1.82, 2.24) is 15.4 Å². The summed E-state index contributed by atoms with van der Waals surface area (Å²) < 4.78 is 0. The van der Waals surface area contributed by atoms with Crippen molar-refractivity contribution in [3.8, 4) is 0 Å². The van der Waals surface area contributed by atoms with Crippen LogP contribution < -0.4 is 16.8 Å². The molecule has 0 aliphatic rings. The summed E-state index contributed by atoms with van der Waals surface area (Å²) in [4.78, 5) is 28.9. The van der Waals surface area contributed by atoms with E-state index in [1.807, 2.05) is 12.3 Å². The Morgan fingerprint density at radius 3 is 3.06 bits per heavy atom. The van der Waals surface area contributed by atoms with E-state index < -0.39 is 0 Å². The van der Waals surface area contributed by atoms with Gasteiger partial charge in [0.2, 0.25) is 5.91 Å². The molecule has 0 spiro atoms. The Balaban J connectivity index is 2.72. The van der Waals surface area contributed by atoms with E-state index in [0.29, 0.717) is 5.16 Å². The average Bonchev–Trinajstić information content (AvgIpc) is 2.25. The lowest BCUT2D eigenvalue weighted by Gasteiger charge is -2.02. The van der Waals surface area contributed by atoms with Crippen LogP contribution in [0.4, 0.5) is 0 Å². The third-order valence-corrected chi connectivity index (χ3v) is 2.65. The molecule has 0 aliphatic heterocycles. The summed E-state index contributed by atoms with van der Waals surface area (Å²) in [6, 6.07) is 1.47. The first kappa shape index (κ1) is 12.7. The number of hydrazine groups is 1. The van der Waals surface area contributed by atoms with Gasteiger partial charge in [0.05, 0.1) is 5.75 Å². The van der Waals surface area contributed by atoms with Gasteiger partial charge < -0.3 is 4.98 Å². The van der Waals surface area contributed by atoms with Gasteiger partial charge in [0, 0.05) is 11.8 Å². The van der Waals surface area contributed by atoms with Crippen LogP contribution in [0.3, 0.4) is 0 Å². The number of aryl methyl sites for hydroxylation is 1. The van der Waals surface area contributed by atoms with Crippen molar-refractivity contribution in [3.05, 3.63) is 22.1 Å². The SMILES string of the molecule is CCCc1cc(=O)[nH]c(SCC(=O)NN)n1. The van der Waals surface area contributed by atoms with Crippen molar-refractivity contribution < 1.29 is 4.79 Å². The molecule has 0 aliphatic carbocycles. The van der Waals surface area contributed by atoms with Crippen LogP contribution in [0.15, 0.2) is 16.0 Å². The zero-order valence-electron chi connectivity index (χ0n) is 8.95. The highest BCUT2D eigenvalue weighted by Crippen LogP contribution is 2.10. The molecular formula is C9H14N4O2S. The van der Waals surface area contributed by atoms with Crippen LogP contribution in [0.25, 0.3) is 0 Å². The normalized spacial score (nSPS) is 10.1. The molecule has 1 aromatic heterocycles. The van der Waals surface area contributed by atoms with Crippen LogP contribution in [-0.2, 0) is 11.2 Å². The van der Waals surface area contributed by atoms with Gasteiger partial charge in [-0.3, -0.25) is 15.0 Å². The quantitative estimate of drug-likeness (QED) is 0.218. The van der Waals surface area contributed by atoms with Crippen molar-refractivity contribution in [2.24, 2.45) is 5.84 Å². The van der Waals surface area contributed by atoms with Gasteiger partial charge in [-0.2, -0.15) is 0 Å². The summed E-state index contributed by atoms with van der Waals surface area (Å²) in [5.74, 6) is 4.76. The second-order valence-electron chi connectivity index (χ2n) is 3.15. The summed E-state index contributed by atoms with van der Waals surface area (Å²) in [7, 11) is 0. The Bertz CT molecular complexity index is 418. The zero-order valence-corrected chi connectivity index (χ0v) is 9.76. The number of H-pyrrole nitrogens is 1. The summed E-state index contributed by atoms with van der Waals surface area (Å²) >= 11 is 1.15. The van der Waals surface area contributed by atoms with E-state index in [2.05, 4.69) is 9.97 Å². The molecule has 0 aromatic carbocycles. The number of aromatic nitrogens is 2. The van der Waals surface area contributed by atoms with E-state index in [1.165, 1.54) is 6.07 Å². The number of nitrogens with zero attached hydrogens (tertiary/aromatic N) is 1. The molecule has 1 heterocycles. The van der Waals surface area contributed by atoms with Crippen molar-refractivity contribution in [1.29, 1.82) is 0 Å². The van der Waals surface area contributed by atoms with E-state index in [4.69, 9.17) is 5.84 Å². The topological polar surface area (TPSA) is 101 Å². The maximum Gasteiger partial charge on any atom is 0.251 e. The van der Waals surface area contributed by atoms with Gasteiger partial charge in [-0.25, -0.2) is 10.8 Å². The lowest BCUT2D eigenvalue weighted by molar-refractivity contribution is -0.118. The Morgan fingerprint density at radius 1 is 1.69 bits per heavy atom. The third-order valence-electron chi connectivity index (χ3n) is 1.78. The maximum atomic E-state index is 11.3. The van der Waals surface area contributed by atoms with Gasteiger partial charge in [0.25, 0.3) is 5.56 Å². The molecule has 7 heteroatoms. The number of thioether (sulfide) groups is 1. The zero-order chi connectivity index (χ0) is 12.0. The maximum absolute atomic E-state index is 11.3. The van der Waals surface area contributed by atoms with E-state index in [-0.39, 0.29) is 17.2 Å². The van der Waals surface area contributed by atoms with Gasteiger partial charge in [0.1, 0.15) is 0 Å². The average molecular weight is 242 g/mol. The van der Waals surface area contributed by atoms with Gasteiger partial charge in [0.15, 0.2) is 5.16 Å². The minimum absolute atomic E-state index is 0.134. The van der Waals surface area contributed by atoms with Crippen molar-refractivity contribution in [2.75, 3.05) is 5.75 Å². The van der Waals surface area contributed by atoms with Crippen LogP contribution >= 0.6 is 11.8 Å². The number of hydrogen-bond donors (Lipinski definition) is 3. The molecule has 1 rings (SSSR count). The van der Waals surface area contributed by atoms with Crippen LogP contribution in [0, 0.1) is 0 Å². The van der Waals surface area contributed by atoms with Gasteiger partial charge in [-0.15, -0.1) is 0 Å². The number of nitrogens with two attached hydrogens (primary N) is 1. The molecule has 88 valence electrons. The predicted octanol–water partition coefficient (Wildman–Crippen LogP) is -0.196. The molecule has 0 unspecified atom stereocenters. The van der Waals surface area contributed by atoms with Crippen molar-refractivity contribution in [2.45, 2.75) is 24.9 Å². The minimum Gasteiger partial charge on any atom is -0.301 e. The molecule has 1 aromatic rings. The lowest BCUT2D eigenvalue weighted by Crippen LogP contribution is -2.31. The van der Waals surface area contributed by atoms with E-state index >= 15 is 0 Å². The summed E-state index contributed by atoms with van der Waals surface area (Å²) in [5, 5.41) is 0.444. The van der Waals surface area contributed by atoms with Crippen molar-refractivity contribution >= 4 is 17.7 Å². The Labute approximate surface area is 97.0 Å². The molecule has 0 fully saturated rings. The standard InChI is InChI=1S/C9H14N4O2S/c1-2-3-6-4-7(14)12-9(11-6)16-5-8(15)13-10/h4H,2-3,5,10H2,1H3,(H,13,15)(H,11,12,14). The molecule has 1 amide bonds. The fourth-order valence-electron chi connectivity index (χ4n) is 1.11. The van der Waals surface area contributed by atoms with Crippen LogP contribution in [0.1, 0.15) is 19.0 Å². The molecule has 0 radical (unpaired) electrons. The first-order valence-corrected chi connectivity index (χ1v) is 5.86. The minimum atomic E-state index is -0.312. The highest BCUT2D eigenvalue weighted by molar-refractivity contribution is 7.99. The highest BCUT2D eigenvalue weighted by atomic mass is 32.2.